The minimum atomic E-state index is -0.204. The molecule has 7 heteroatoms. The average Bonchev–Trinajstić information content (AvgIpc) is 2.64. The second-order valence-electron chi connectivity index (χ2n) is 3.48. The lowest BCUT2D eigenvalue weighted by Gasteiger charge is -2.08. The van der Waals surface area contributed by atoms with Crippen molar-refractivity contribution in [2.75, 3.05) is 5.32 Å². The third-order valence-electron chi connectivity index (χ3n) is 2.22. The molecule has 2 aromatic rings. The highest BCUT2D eigenvalue weighted by Crippen LogP contribution is 2.33. The third-order valence-corrected chi connectivity index (χ3v) is 5.76. The molecular weight excluding hydrogens is 403 g/mol. The van der Waals surface area contributed by atoms with Crippen LogP contribution in [0.3, 0.4) is 0 Å². The first-order valence-electron chi connectivity index (χ1n) is 4.86. The highest BCUT2D eigenvalue weighted by atomic mass is 79.9. The maximum Gasteiger partial charge on any atom is 0.265 e. The van der Waals surface area contributed by atoms with Gasteiger partial charge >= 0.3 is 0 Å². The van der Waals surface area contributed by atoms with Crippen LogP contribution >= 0.6 is 54.8 Å². The first-order valence-corrected chi connectivity index (χ1v) is 7.64. The van der Waals surface area contributed by atoms with Crippen LogP contribution in [0, 0.1) is 6.92 Å². The molecule has 1 N–H and O–H groups in total. The Morgan fingerprint density at radius 2 is 2.22 bits per heavy atom. The molecule has 0 aromatic carbocycles. The van der Waals surface area contributed by atoms with Crippen LogP contribution in [0.4, 0.5) is 5.69 Å². The van der Waals surface area contributed by atoms with E-state index in [9.17, 15) is 4.79 Å². The molecule has 0 spiro atoms. The van der Waals surface area contributed by atoms with Crippen LogP contribution in [0.2, 0.25) is 5.15 Å². The highest BCUT2D eigenvalue weighted by molar-refractivity contribution is 9.13. The molecule has 0 fully saturated rings. The minimum Gasteiger partial charge on any atom is -0.318 e. The second kappa shape index (κ2) is 5.69. The zero-order valence-electron chi connectivity index (χ0n) is 9.13. The molecule has 0 aliphatic rings. The van der Waals surface area contributed by atoms with Crippen molar-refractivity contribution in [1.29, 1.82) is 0 Å². The van der Waals surface area contributed by atoms with Gasteiger partial charge in [0.1, 0.15) is 0 Å². The van der Waals surface area contributed by atoms with Gasteiger partial charge in [0.2, 0.25) is 0 Å². The smallest absolute Gasteiger partial charge is 0.265 e. The fourth-order valence-electron chi connectivity index (χ4n) is 1.31. The van der Waals surface area contributed by atoms with Gasteiger partial charge in [-0.05, 0) is 56.5 Å². The number of nitrogens with zero attached hydrogens (tertiary/aromatic N) is 1. The number of nitrogens with one attached hydrogen (secondary N) is 1. The van der Waals surface area contributed by atoms with Crippen LogP contribution < -0.4 is 5.32 Å². The van der Waals surface area contributed by atoms with Crippen molar-refractivity contribution in [3.05, 3.63) is 42.2 Å². The van der Waals surface area contributed by atoms with E-state index in [1.165, 1.54) is 11.3 Å². The molecule has 2 aromatic heterocycles. The first kappa shape index (κ1) is 14.0. The van der Waals surface area contributed by atoms with E-state index in [2.05, 4.69) is 42.2 Å². The van der Waals surface area contributed by atoms with Crippen molar-refractivity contribution in [3.8, 4) is 0 Å². The molecule has 18 heavy (non-hydrogen) atoms. The van der Waals surface area contributed by atoms with Gasteiger partial charge in [0.05, 0.1) is 14.4 Å². The van der Waals surface area contributed by atoms with Gasteiger partial charge in [-0.15, -0.1) is 11.3 Å². The second-order valence-corrected chi connectivity index (χ2v) is 7.06. The van der Waals surface area contributed by atoms with Gasteiger partial charge in [-0.2, -0.15) is 0 Å². The predicted molar refractivity (Wildman–Crippen MR) is 81.7 cm³/mol. The lowest BCUT2D eigenvalue weighted by Crippen LogP contribution is -2.12. The van der Waals surface area contributed by atoms with Crippen molar-refractivity contribution < 1.29 is 4.79 Å². The van der Waals surface area contributed by atoms with Gasteiger partial charge < -0.3 is 5.32 Å². The van der Waals surface area contributed by atoms with Crippen molar-refractivity contribution in [2.24, 2.45) is 0 Å². The molecule has 0 aliphatic carbocycles. The van der Waals surface area contributed by atoms with E-state index < -0.39 is 0 Å². The molecule has 2 rings (SSSR count). The van der Waals surface area contributed by atoms with E-state index in [1.807, 2.05) is 6.92 Å². The summed E-state index contributed by atoms with van der Waals surface area (Å²) in [5.74, 6) is -0.204. The van der Waals surface area contributed by atoms with E-state index in [0.29, 0.717) is 10.6 Å². The molecule has 0 aliphatic heterocycles. The zero-order valence-corrected chi connectivity index (χ0v) is 13.9. The van der Waals surface area contributed by atoms with Crippen LogP contribution in [-0.2, 0) is 0 Å². The Morgan fingerprint density at radius 1 is 1.50 bits per heavy atom. The number of halogens is 3. The van der Waals surface area contributed by atoms with Gasteiger partial charge in [-0.25, -0.2) is 4.98 Å². The maximum absolute atomic E-state index is 12.1. The van der Waals surface area contributed by atoms with Gasteiger partial charge in [0.15, 0.2) is 5.15 Å². The lowest BCUT2D eigenvalue weighted by atomic mass is 10.2. The SMILES string of the molecule is Cc1ccnc(Cl)c1NC(=O)c1cc(Br)c(Br)s1. The number of pyridine rings is 1. The number of carbonyl (C=O) groups excluding carboxylic acids is 1. The van der Waals surface area contributed by atoms with Crippen LogP contribution in [0.1, 0.15) is 15.2 Å². The topological polar surface area (TPSA) is 42.0 Å². The molecule has 0 saturated carbocycles. The molecule has 1 amide bonds. The van der Waals surface area contributed by atoms with Gasteiger partial charge in [-0.3, -0.25) is 4.79 Å². The molecule has 0 bridgehead atoms. The van der Waals surface area contributed by atoms with Crippen LogP contribution in [0.25, 0.3) is 0 Å². The van der Waals surface area contributed by atoms with E-state index in [1.54, 1.807) is 18.3 Å². The normalized spacial score (nSPS) is 10.4. The summed E-state index contributed by atoms with van der Waals surface area (Å²) in [7, 11) is 0. The summed E-state index contributed by atoms with van der Waals surface area (Å²) in [6, 6.07) is 3.55. The molecular formula is C11H7Br2ClN2OS. The van der Waals surface area contributed by atoms with Gasteiger partial charge in [0, 0.05) is 10.7 Å². The largest absolute Gasteiger partial charge is 0.318 e. The molecule has 0 saturated heterocycles. The zero-order chi connectivity index (χ0) is 13.3. The molecule has 0 atom stereocenters. The van der Waals surface area contributed by atoms with E-state index in [-0.39, 0.29) is 11.1 Å². The van der Waals surface area contributed by atoms with Crippen molar-refractivity contribution >= 4 is 66.4 Å². The molecule has 94 valence electrons. The van der Waals surface area contributed by atoms with Crippen molar-refractivity contribution in [2.45, 2.75) is 6.92 Å². The number of hydrogen-bond donors (Lipinski definition) is 1. The fourth-order valence-corrected chi connectivity index (χ4v) is 3.49. The standard InChI is InChI=1S/C11H7Br2ClN2OS/c1-5-2-3-15-10(14)8(5)16-11(17)7-4-6(12)9(13)18-7/h2-4H,1H3,(H,16,17). The molecule has 0 unspecified atom stereocenters. The summed E-state index contributed by atoms with van der Waals surface area (Å²) in [5, 5.41) is 3.06. The Morgan fingerprint density at radius 3 is 2.78 bits per heavy atom. The quantitative estimate of drug-likeness (QED) is 0.717. The number of hydrogen-bond acceptors (Lipinski definition) is 3. The Bertz CT molecular complexity index is 575. The Hall–Kier alpha value is -0.430. The Labute approximate surface area is 130 Å². The number of carbonyl (C=O) groups is 1. The van der Waals surface area contributed by atoms with Gasteiger partial charge in [0.25, 0.3) is 5.91 Å². The summed E-state index contributed by atoms with van der Waals surface area (Å²) in [6.07, 6.45) is 1.60. The summed E-state index contributed by atoms with van der Waals surface area (Å²) >= 11 is 14.0. The molecule has 3 nitrogen and oxygen atoms in total. The van der Waals surface area contributed by atoms with E-state index in [0.717, 1.165) is 13.8 Å². The highest BCUT2D eigenvalue weighted by Gasteiger charge is 2.14. The number of rotatable bonds is 2. The Kier molecular flexibility index (Phi) is 4.42. The van der Waals surface area contributed by atoms with Crippen LogP contribution in [0.15, 0.2) is 26.6 Å². The number of anilines is 1. The number of aryl methyl sites for hydroxylation is 1. The number of amides is 1. The summed E-state index contributed by atoms with van der Waals surface area (Å²) in [6.45, 7) is 1.86. The Balaban J connectivity index is 2.27. The number of thiophene rings is 1. The number of aromatic nitrogens is 1. The van der Waals surface area contributed by atoms with Crippen molar-refractivity contribution in [3.63, 3.8) is 0 Å². The first-order chi connectivity index (χ1) is 8.49. The maximum atomic E-state index is 12.1. The summed E-state index contributed by atoms with van der Waals surface area (Å²) in [5.41, 5.74) is 1.42. The van der Waals surface area contributed by atoms with E-state index in [4.69, 9.17) is 11.6 Å². The summed E-state index contributed by atoms with van der Waals surface area (Å²) < 4.78 is 1.73. The van der Waals surface area contributed by atoms with Crippen LogP contribution in [-0.4, -0.2) is 10.9 Å². The average molecular weight is 411 g/mol. The predicted octanol–water partition coefficient (Wildman–Crippen LogP) is 4.88. The third kappa shape index (κ3) is 2.93. The molecule has 2 heterocycles. The monoisotopic (exact) mass is 408 g/mol. The molecule has 0 radical (unpaired) electrons. The lowest BCUT2D eigenvalue weighted by molar-refractivity contribution is 0.103. The van der Waals surface area contributed by atoms with Crippen LogP contribution in [0.5, 0.6) is 0 Å². The fraction of sp³-hybridized carbons (Fsp3) is 0.0909. The van der Waals surface area contributed by atoms with Crippen molar-refractivity contribution in [1.82, 2.24) is 4.98 Å². The van der Waals surface area contributed by atoms with E-state index >= 15 is 0 Å². The minimum absolute atomic E-state index is 0.204. The summed E-state index contributed by atoms with van der Waals surface area (Å²) in [4.78, 5) is 16.6. The van der Waals surface area contributed by atoms with Gasteiger partial charge in [-0.1, -0.05) is 11.6 Å².